The smallest absolute Gasteiger partial charge is 0.0795 e. The van der Waals surface area contributed by atoms with Gasteiger partial charge in [-0.1, -0.05) is 26.0 Å². The predicted octanol–water partition coefficient (Wildman–Crippen LogP) is 3.69. The fraction of sp³-hybridized carbons (Fsp3) is 0.571. The molecule has 0 amide bonds. The van der Waals surface area contributed by atoms with Gasteiger partial charge in [-0.25, -0.2) is 0 Å². The van der Waals surface area contributed by atoms with E-state index in [-0.39, 0.29) is 6.10 Å². The van der Waals surface area contributed by atoms with E-state index in [1.807, 2.05) is 0 Å². The summed E-state index contributed by atoms with van der Waals surface area (Å²) in [6.07, 6.45) is 0.521. The molecule has 1 nitrogen and oxygen atoms in total. The summed E-state index contributed by atoms with van der Waals surface area (Å²) in [6, 6.07) is 4.28. The molecule has 1 unspecified atom stereocenters. The molecule has 15 heavy (non-hydrogen) atoms. The first-order valence-electron chi connectivity index (χ1n) is 5.67. The normalized spacial score (nSPS) is 13.3. The maximum Gasteiger partial charge on any atom is 0.0795 e. The second-order valence-corrected chi connectivity index (χ2v) is 4.94. The van der Waals surface area contributed by atoms with Crippen LogP contribution < -0.4 is 0 Å². The van der Waals surface area contributed by atoms with Crippen LogP contribution in [0.2, 0.25) is 0 Å². The van der Waals surface area contributed by atoms with Crippen LogP contribution in [0, 0.1) is 26.7 Å². The lowest BCUT2D eigenvalue weighted by atomic mass is 9.93. The highest BCUT2D eigenvalue weighted by Crippen LogP contribution is 2.26. The van der Waals surface area contributed by atoms with Crippen molar-refractivity contribution in [3.05, 3.63) is 34.4 Å². The first-order chi connectivity index (χ1) is 6.91. The third kappa shape index (κ3) is 3.07. The van der Waals surface area contributed by atoms with E-state index < -0.39 is 0 Å². The second-order valence-electron chi connectivity index (χ2n) is 4.94. The van der Waals surface area contributed by atoms with Crippen LogP contribution in [0.1, 0.15) is 48.6 Å². The molecule has 0 spiro atoms. The van der Waals surface area contributed by atoms with Crippen molar-refractivity contribution in [1.29, 1.82) is 0 Å². The fourth-order valence-corrected chi connectivity index (χ4v) is 1.92. The molecule has 0 radical (unpaired) electrons. The molecule has 0 aliphatic rings. The zero-order valence-electron chi connectivity index (χ0n) is 10.5. The molecule has 1 aromatic rings. The van der Waals surface area contributed by atoms with E-state index >= 15 is 0 Å². The van der Waals surface area contributed by atoms with Gasteiger partial charge in [0.2, 0.25) is 0 Å². The Morgan fingerprint density at radius 1 is 1.00 bits per heavy atom. The summed E-state index contributed by atoms with van der Waals surface area (Å²) in [4.78, 5) is 0. The second kappa shape index (κ2) is 4.80. The number of benzene rings is 1. The summed E-state index contributed by atoms with van der Waals surface area (Å²) in [5.41, 5.74) is 4.85. The summed E-state index contributed by atoms with van der Waals surface area (Å²) < 4.78 is 0. The average molecular weight is 206 g/mol. The molecule has 84 valence electrons. The number of hydrogen-bond donors (Lipinski definition) is 1. The van der Waals surface area contributed by atoms with Gasteiger partial charge >= 0.3 is 0 Å². The van der Waals surface area contributed by atoms with Crippen molar-refractivity contribution in [1.82, 2.24) is 0 Å². The Bertz CT molecular complexity index is 339. The molecule has 1 atom stereocenters. The van der Waals surface area contributed by atoms with E-state index in [0.29, 0.717) is 5.92 Å². The standard InChI is InChI=1S/C14H22O/c1-9(2)6-14(15)13-8-11(4)10(3)7-12(13)5/h7-9,14-15H,6H2,1-5H3. The lowest BCUT2D eigenvalue weighted by molar-refractivity contribution is 0.150. The van der Waals surface area contributed by atoms with E-state index in [9.17, 15) is 5.11 Å². The summed E-state index contributed by atoms with van der Waals surface area (Å²) in [6.45, 7) is 10.6. The maximum atomic E-state index is 10.1. The van der Waals surface area contributed by atoms with Gasteiger partial charge in [0.25, 0.3) is 0 Å². The molecule has 1 N–H and O–H groups in total. The Balaban J connectivity index is 2.98. The van der Waals surface area contributed by atoms with E-state index in [1.165, 1.54) is 16.7 Å². The molecule has 0 heterocycles. The van der Waals surface area contributed by atoms with Crippen molar-refractivity contribution in [3.8, 4) is 0 Å². The van der Waals surface area contributed by atoms with Gasteiger partial charge in [0, 0.05) is 0 Å². The number of aliphatic hydroxyl groups excluding tert-OH is 1. The zero-order valence-corrected chi connectivity index (χ0v) is 10.5. The van der Waals surface area contributed by atoms with Gasteiger partial charge in [-0.2, -0.15) is 0 Å². The summed E-state index contributed by atoms with van der Waals surface area (Å²) in [5.74, 6) is 0.529. The molecular weight excluding hydrogens is 184 g/mol. The maximum absolute atomic E-state index is 10.1. The highest BCUT2D eigenvalue weighted by Gasteiger charge is 2.13. The van der Waals surface area contributed by atoms with Gasteiger partial charge in [-0.3, -0.25) is 0 Å². The van der Waals surface area contributed by atoms with E-state index in [2.05, 4.69) is 46.8 Å². The quantitative estimate of drug-likeness (QED) is 0.799. The number of aryl methyl sites for hydroxylation is 3. The van der Waals surface area contributed by atoms with Crippen molar-refractivity contribution in [2.24, 2.45) is 5.92 Å². The molecule has 0 aromatic heterocycles. The minimum Gasteiger partial charge on any atom is -0.388 e. The van der Waals surface area contributed by atoms with E-state index in [0.717, 1.165) is 12.0 Å². The van der Waals surface area contributed by atoms with Gasteiger partial charge in [-0.05, 0) is 55.4 Å². The van der Waals surface area contributed by atoms with Crippen molar-refractivity contribution < 1.29 is 5.11 Å². The van der Waals surface area contributed by atoms with Crippen molar-refractivity contribution >= 4 is 0 Å². The average Bonchev–Trinajstić information content (AvgIpc) is 2.09. The minimum absolute atomic E-state index is 0.315. The summed E-state index contributed by atoms with van der Waals surface area (Å²) in [5, 5.41) is 10.1. The van der Waals surface area contributed by atoms with Gasteiger partial charge in [0.15, 0.2) is 0 Å². The van der Waals surface area contributed by atoms with Crippen molar-refractivity contribution in [2.45, 2.75) is 47.1 Å². The van der Waals surface area contributed by atoms with Crippen LogP contribution >= 0.6 is 0 Å². The third-order valence-electron chi connectivity index (χ3n) is 2.94. The van der Waals surface area contributed by atoms with Crippen LogP contribution in [0.3, 0.4) is 0 Å². The molecule has 0 bridgehead atoms. The molecule has 1 aromatic carbocycles. The fourth-order valence-electron chi connectivity index (χ4n) is 1.92. The largest absolute Gasteiger partial charge is 0.388 e. The SMILES string of the molecule is Cc1cc(C)c(C(O)CC(C)C)cc1C. The lowest BCUT2D eigenvalue weighted by Gasteiger charge is -2.17. The Morgan fingerprint density at radius 2 is 1.53 bits per heavy atom. The van der Waals surface area contributed by atoms with Crippen LogP contribution in [0.15, 0.2) is 12.1 Å². The summed E-state index contributed by atoms with van der Waals surface area (Å²) in [7, 11) is 0. The molecule has 1 heteroatoms. The third-order valence-corrected chi connectivity index (χ3v) is 2.94. The van der Waals surface area contributed by atoms with Crippen LogP contribution in [0.4, 0.5) is 0 Å². The number of aliphatic hydroxyl groups is 1. The number of hydrogen-bond acceptors (Lipinski definition) is 1. The van der Waals surface area contributed by atoms with Crippen LogP contribution in [-0.2, 0) is 0 Å². The first kappa shape index (κ1) is 12.3. The molecule has 0 aliphatic carbocycles. The Morgan fingerprint density at radius 3 is 2.07 bits per heavy atom. The van der Waals surface area contributed by atoms with Crippen molar-refractivity contribution in [2.75, 3.05) is 0 Å². The van der Waals surface area contributed by atoms with Crippen LogP contribution in [-0.4, -0.2) is 5.11 Å². The highest BCUT2D eigenvalue weighted by molar-refractivity contribution is 5.37. The van der Waals surface area contributed by atoms with Gasteiger partial charge in [0.1, 0.15) is 0 Å². The monoisotopic (exact) mass is 206 g/mol. The van der Waals surface area contributed by atoms with Crippen LogP contribution in [0.25, 0.3) is 0 Å². The molecule has 0 saturated carbocycles. The van der Waals surface area contributed by atoms with Gasteiger partial charge in [-0.15, -0.1) is 0 Å². The molecule has 0 aliphatic heterocycles. The van der Waals surface area contributed by atoms with E-state index in [1.54, 1.807) is 0 Å². The topological polar surface area (TPSA) is 20.2 Å². The van der Waals surface area contributed by atoms with Crippen LogP contribution in [0.5, 0.6) is 0 Å². The Labute approximate surface area is 93.1 Å². The van der Waals surface area contributed by atoms with Crippen molar-refractivity contribution in [3.63, 3.8) is 0 Å². The molecule has 0 saturated heterocycles. The number of rotatable bonds is 3. The van der Waals surface area contributed by atoms with Gasteiger partial charge < -0.3 is 5.11 Å². The molecular formula is C14H22O. The summed E-state index contributed by atoms with van der Waals surface area (Å²) >= 11 is 0. The predicted molar refractivity (Wildman–Crippen MR) is 65.1 cm³/mol. The molecule has 1 rings (SSSR count). The Kier molecular flexibility index (Phi) is 3.92. The van der Waals surface area contributed by atoms with Gasteiger partial charge in [0.05, 0.1) is 6.10 Å². The first-order valence-corrected chi connectivity index (χ1v) is 5.67. The molecule has 0 fully saturated rings. The highest BCUT2D eigenvalue weighted by atomic mass is 16.3. The van der Waals surface area contributed by atoms with E-state index in [4.69, 9.17) is 0 Å². The lowest BCUT2D eigenvalue weighted by Crippen LogP contribution is -2.04. The Hall–Kier alpha value is -0.820. The zero-order chi connectivity index (χ0) is 11.6. The minimum atomic E-state index is -0.315.